The van der Waals surface area contributed by atoms with Gasteiger partial charge in [-0.05, 0) is 12.0 Å². The van der Waals surface area contributed by atoms with E-state index in [0.29, 0.717) is 6.42 Å². The van der Waals surface area contributed by atoms with Crippen LogP contribution >= 0.6 is 0 Å². The molecule has 1 aromatic carbocycles. The summed E-state index contributed by atoms with van der Waals surface area (Å²) in [6, 6.07) is 9.38. The second-order valence-electron chi connectivity index (χ2n) is 3.98. The van der Waals surface area contributed by atoms with E-state index >= 15 is 0 Å². The lowest BCUT2D eigenvalue weighted by Gasteiger charge is -2.31. The summed E-state index contributed by atoms with van der Waals surface area (Å²) in [5.74, 6) is 0. The molecule has 90 valence electrons. The van der Waals surface area contributed by atoms with E-state index < -0.39 is 15.7 Å². The molecule has 0 bridgehead atoms. The summed E-state index contributed by atoms with van der Waals surface area (Å²) < 4.78 is 25.1. The molecule has 0 heterocycles. The molecule has 0 saturated carbocycles. The number of hydrogen-bond acceptors (Lipinski definition) is 2. The first kappa shape index (κ1) is 12.0. The molecule has 17 heavy (non-hydrogen) atoms. The summed E-state index contributed by atoms with van der Waals surface area (Å²) in [5.41, 5.74) is 0.0958. The molecule has 1 aromatic rings. The lowest BCUT2D eigenvalue weighted by atomic mass is 9.85. The summed E-state index contributed by atoms with van der Waals surface area (Å²) in [6.07, 6.45) is 7.96. The highest BCUT2D eigenvalue weighted by Crippen LogP contribution is 2.30. The van der Waals surface area contributed by atoms with E-state index in [1.807, 2.05) is 54.6 Å². The molecule has 1 aliphatic carbocycles. The lowest BCUT2D eigenvalue weighted by Crippen LogP contribution is -2.47. The fraction of sp³-hybridized carbons (Fsp3) is 0.167. The van der Waals surface area contributed by atoms with Crippen LogP contribution in [0.2, 0.25) is 0 Å². The predicted octanol–water partition coefficient (Wildman–Crippen LogP) is 1.19. The van der Waals surface area contributed by atoms with Crippen LogP contribution in [-0.2, 0) is 15.7 Å². The lowest BCUT2D eigenvalue weighted by molar-refractivity contribution is 0.483. The van der Waals surface area contributed by atoms with Gasteiger partial charge in [-0.15, -0.1) is 0 Å². The molecule has 4 nitrogen and oxygen atoms in total. The highest BCUT2D eigenvalue weighted by Gasteiger charge is 2.32. The third kappa shape index (κ3) is 2.82. The van der Waals surface area contributed by atoms with Crippen LogP contribution in [0.4, 0.5) is 0 Å². The minimum Gasteiger partial charge on any atom is -0.216 e. The Hall–Kier alpha value is -1.43. The van der Waals surface area contributed by atoms with Crippen LogP contribution < -0.4 is 9.86 Å². The monoisotopic (exact) mass is 250 g/mol. The van der Waals surface area contributed by atoms with Crippen molar-refractivity contribution in [2.24, 2.45) is 5.14 Å². The van der Waals surface area contributed by atoms with Gasteiger partial charge in [-0.25, -0.2) is 5.14 Å². The first-order chi connectivity index (χ1) is 8.02. The fourth-order valence-electron chi connectivity index (χ4n) is 1.96. The Balaban J connectivity index is 2.45. The minimum atomic E-state index is -3.77. The van der Waals surface area contributed by atoms with Gasteiger partial charge in [0.05, 0.1) is 5.54 Å². The normalized spacial score (nSPS) is 23.8. The highest BCUT2D eigenvalue weighted by atomic mass is 32.2. The molecule has 0 fully saturated rings. The van der Waals surface area contributed by atoms with Gasteiger partial charge in [0, 0.05) is 0 Å². The van der Waals surface area contributed by atoms with Gasteiger partial charge in [0.2, 0.25) is 0 Å². The molecule has 0 amide bonds. The summed E-state index contributed by atoms with van der Waals surface area (Å²) in [5, 5.41) is 5.09. The first-order valence-corrected chi connectivity index (χ1v) is 6.78. The van der Waals surface area contributed by atoms with Crippen molar-refractivity contribution >= 4 is 10.2 Å². The van der Waals surface area contributed by atoms with Crippen LogP contribution in [0.5, 0.6) is 0 Å². The molecule has 1 atom stereocenters. The van der Waals surface area contributed by atoms with E-state index in [2.05, 4.69) is 4.72 Å². The quantitative estimate of drug-likeness (QED) is 0.845. The number of benzene rings is 1. The average Bonchev–Trinajstić information content (AvgIpc) is 2.29. The van der Waals surface area contributed by atoms with Crippen LogP contribution in [-0.4, -0.2) is 8.42 Å². The van der Waals surface area contributed by atoms with Crippen molar-refractivity contribution in [3.8, 4) is 0 Å². The van der Waals surface area contributed by atoms with E-state index in [4.69, 9.17) is 5.14 Å². The van der Waals surface area contributed by atoms with Crippen molar-refractivity contribution < 1.29 is 8.42 Å². The van der Waals surface area contributed by atoms with Crippen molar-refractivity contribution in [2.75, 3.05) is 0 Å². The zero-order valence-corrected chi connectivity index (χ0v) is 10.0. The van der Waals surface area contributed by atoms with Crippen molar-refractivity contribution in [3.63, 3.8) is 0 Å². The van der Waals surface area contributed by atoms with Crippen LogP contribution in [0.1, 0.15) is 12.0 Å². The van der Waals surface area contributed by atoms with Crippen molar-refractivity contribution in [2.45, 2.75) is 12.0 Å². The Kier molecular flexibility index (Phi) is 3.15. The van der Waals surface area contributed by atoms with E-state index in [1.165, 1.54) is 0 Å². The molecule has 1 aliphatic rings. The SMILES string of the molecule is NS(=O)(=O)NC1(c2ccccc2)C=CC=CC1. The topological polar surface area (TPSA) is 72.2 Å². The number of hydrogen-bond donors (Lipinski definition) is 2. The van der Waals surface area contributed by atoms with Crippen LogP contribution in [0.3, 0.4) is 0 Å². The largest absolute Gasteiger partial charge is 0.275 e. The van der Waals surface area contributed by atoms with E-state index in [1.54, 1.807) is 0 Å². The fourth-order valence-corrected chi connectivity index (χ4v) is 2.74. The molecule has 5 heteroatoms. The maximum absolute atomic E-state index is 11.3. The molecular weight excluding hydrogens is 236 g/mol. The number of nitrogens with two attached hydrogens (primary N) is 1. The molecule has 2 rings (SSSR count). The van der Waals surface area contributed by atoms with E-state index in [-0.39, 0.29) is 0 Å². The second kappa shape index (κ2) is 4.44. The average molecular weight is 250 g/mol. The molecule has 0 radical (unpaired) electrons. The third-order valence-corrected chi connectivity index (χ3v) is 3.33. The van der Waals surface area contributed by atoms with Crippen LogP contribution in [0.15, 0.2) is 54.6 Å². The number of allylic oxidation sites excluding steroid dienone is 2. The van der Waals surface area contributed by atoms with Gasteiger partial charge in [0.15, 0.2) is 0 Å². The van der Waals surface area contributed by atoms with Gasteiger partial charge >= 0.3 is 0 Å². The molecule has 0 saturated heterocycles. The molecule has 3 N–H and O–H groups in total. The Morgan fingerprint density at radius 2 is 1.88 bits per heavy atom. The Labute approximate surface area is 101 Å². The Bertz CT molecular complexity index is 549. The van der Waals surface area contributed by atoms with Gasteiger partial charge in [0.1, 0.15) is 0 Å². The van der Waals surface area contributed by atoms with Crippen LogP contribution in [0.25, 0.3) is 0 Å². The van der Waals surface area contributed by atoms with Gasteiger partial charge in [0.25, 0.3) is 10.2 Å². The predicted molar refractivity (Wildman–Crippen MR) is 67.3 cm³/mol. The maximum Gasteiger partial charge on any atom is 0.275 e. The molecule has 1 unspecified atom stereocenters. The molecule has 0 aliphatic heterocycles. The Morgan fingerprint density at radius 3 is 2.41 bits per heavy atom. The number of rotatable bonds is 3. The second-order valence-corrected chi connectivity index (χ2v) is 5.27. The standard InChI is InChI=1S/C12H14N2O2S/c13-17(15,16)14-12(9-5-2-6-10-12)11-7-3-1-4-8-11/h1-9,14H,10H2,(H2,13,15,16). The third-order valence-electron chi connectivity index (χ3n) is 2.68. The summed E-state index contributed by atoms with van der Waals surface area (Å²) in [4.78, 5) is 0. The van der Waals surface area contributed by atoms with Crippen molar-refractivity contribution in [1.29, 1.82) is 0 Å². The van der Waals surface area contributed by atoms with Gasteiger partial charge in [-0.1, -0.05) is 54.6 Å². The maximum atomic E-state index is 11.3. The molecular formula is C12H14N2O2S. The summed E-state index contributed by atoms with van der Waals surface area (Å²) in [6.45, 7) is 0. The number of nitrogens with one attached hydrogen (secondary N) is 1. The minimum absolute atomic E-state index is 0.546. The Morgan fingerprint density at radius 1 is 1.18 bits per heavy atom. The van der Waals surface area contributed by atoms with Crippen molar-refractivity contribution in [1.82, 2.24) is 4.72 Å². The highest BCUT2D eigenvalue weighted by molar-refractivity contribution is 7.87. The van der Waals surface area contributed by atoms with Gasteiger partial charge in [-0.2, -0.15) is 13.1 Å². The summed E-state index contributed by atoms with van der Waals surface area (Å²) >= 11 is 0. The smallest absolute Gasteiger partial charge is 0.216 e. The van der Waals surface area contributed by atoms with E-state index in [0.717, 1.165) is 5.56 Å². The first-order valence-electron chi connectivity index (χ1n) is 5.23. The van der Waals surface area contributed by atoms with Crippen LogP contribution in [0, 0.1) is 0 Å². The molecule has 0 aromatic heterocycles. The summed E-state index contributed by atoms with van der Waals surface area (Å²) in [7, 11) is -3.77. The van der Waals surface area contributed by atoms with Gasteiger partial charge < -0.3 is 0 Å². The van der Waals surface area contributed by atoms with E-state index in [9.17, 15) is 8.42 Å². The zero-order chi connectivity index (χ0) is 12.4. The van der Waals surface area contributed by atoms with Gasteiger partial charge in [-0.3, -0.25) is 0 Å². The van der Waals surface area contributed by atoms with Crippen molar-refractivity contribution in [3.05, 3.63) is 60.2 Å². The zero-order valence-electron chi connectivity index (χ0n) is 9.21. The molecule has 0 spiro atoms.